The fourth-order valence-electron chi connectivity index (χ4n) is 0.667. The molecule has 63 valence electrons. The number of rotatable bonds is 4. The largest absolute Gasteiger partial charge is 0.316 e. The van der Waals surface area contributed by atoms with Crippen LogP contribution in [0.1, 0.15) is 6.92 Å². The van der Waals surface area contributed by atoms with Crippen LogP contribution >= 0.6 is 24.0 Å². The van der Waals surface area contributed by atoms with E-state index in [0.717, 1.165) is 13.1 Å². The van der Waals surface area contributed by atoms with Crippen molar-refractivity contribution in [2.75, 3.05) is 19.0 Å². The summed E-state index contributed by atoms with van der Waals surface area (Å²) in [5.41, 5.74) is 5.49. The third-order valence-corrected chi connectivity index (χ3v) is 1.42. The maximum Gasteiger partial charge on any atom is 0.0573 e. The van der Waals surface area contributed by atoms with Crippen molar-refractivity contribution in [1.29, 1.82) is 0 Å². The van der Waals surface area contributed by atoms with E-state index in [4.69, 9.17) is 17.3 Å². The molecule has 1 atom stereocenters. The molecule has 10 heavy (non-hydrogen) atoms. The Kier molecular flexibility index (Phi) is 9.97. The number of hydrogen-bond acceptors (Lipinski definition) is 2. The zero-order valence-corrected chi connectivity index (χ0v) is 7.79. The van der Waals surface area contributed by atoms with Gasteiger partial charge in [-0.3, -0.25) is 4.90 Å². The van der Waals surface area contributed by atoms with Crippen LogP contribution in [0.15, 0.2) is 0 Å². The lowest BCUT2D eigenvalue weighted by Gasteiger charge is -2.22. The highest BCUT2D eigenvalue weighted by Gasteiger charge is 2.04. The molecule has 0 spiro atoms. The molecule has 0 aromatic heterocycles. The second-order valence-corrected chi connectivity index (χ2v) is 2.26. The third-order valence-electron chi connectivity index (χ3n) is 1.25. The molecule has 1 radical (unpaired) electrons. The quantitative estimate of drug-likeness (QED) is 0.526. The van der Waals surface area contributed by atoms with E-state index >= 15 is 0 Å². The minimum Gasteiger partial charge on any atom is -0.316 e. The molecule has 0 amide bonds. The van der Waals surface area contributed by atoms with Crippen LogP contribution in [0, 0.1) is 6.92 Å². The molecule has 4 heteroatoms. The number of nitrogens with two attached hydrogens (primary N) is 1. The zero-order chi connectivity index (χ0) is 7.28. The van der Waals surface area contributed by atoms with Crippen LogP contribution < -0.4 is 5.73 Å². The van der Waals surface area contributed by atoms with Crippen LogP contribution in [0.4, 0.5) is 0 Å². The van der Waals surface area contributed by atoms with E-state index in [1.807, 2.05) is 11.8 Å². The fraction of sp³-hybridized carbons (Fsp3) is 0.833. The lowest BCUT2D eigenvalue weighted by Crippen LogP contribution is -2.40. The average Bonchev–Trinajstić information content (AvgIpc) is 1.82. The summed E-state index contributed by atoms with van der Waals surface area (Å²) < 4.78 is 0. The van der Waals surface area contributed by atoms with Crippen molar-refractivity contribution in [2.24, 2.45) is 5.73 Å². The van der Waals surface area contributed by atoms with Crippen molar-refractivity contribution < 1.29 is 0 Å². The molecule has 0 saturated carbocycles. The summed E-state index contributed by atoms with van der Waals surface area (Å²) in [6.45, 7) is 7.45. The van der Waals surface area contributed by atoms with Gasteiger partial charge in [0.25, 0.3) is 0 Å². The Bertz CT molecular complexity index is 68.8. The molecule has 0 aliphatic heterocycles. The molecular formula is C6H15Cl2N2. The SMILES string of the molecule is Cl.[CH2]C(N)N(CC)CCCl. The molecule has 2 N–H and O–H groups in total. The normalized spacial score (nSPS) is 12.9. The Hall–Kier alpha value is 0.500. The van der Waals surface area contributed by atoms with E-state index in [1.54, 1.807) is 0 Å². The molecule has 0 fully saturated rings. The third kappa shape index (κ3) is 5.30. The van der Waals surface area contributed by atoms with Crippen LogP contribution in [0.25, 0.3) is 0 Å². The fourth-order valence-corrected chi connectivity index (χ4v) is 0.884. The van der Waals surface area contributed by atoms with Crippen molar-refractivity contribution in [3.05, 3.63) is 6.92 Å². The van der Waals surface area contributed by atoms with Crippen LogP contribution in [0.5, 0.6) is 0 Å². The molecule has 2 nitrogen and oxygen atoms in total. The standard InChI is InChI=1S/C6H14ClN2.ClH/c1-3-9(5-4-7)6(2)8;/h6H,2-5,8H2,1H3;1H. The highest BCUT2D eigenvalue weighted by atomic mass is 35.5. The van der Waals surface area contributed by atoms with Crippen LogP contribution in [-0.2, 0) is 0 Å². The Labute approximate surface area is 74.1 Å². The molecule has 0 bridgehead atoms. The minimum atomic E-state index is -0.117. The van der Waals surface area contributed by atoms with E-state index < -0.39 is 0 Å². The molecule has 0 heterocycles. The van der Waals surface area contributed by atoms with Gasteiger partial charge >= 0.3 is 0 Å². The minimum absolute atomic E-state index is 0. The molecule has 0 aliphatic rings. The summed E-state index contributed by atoms with van der Waals surface area (Å²) in [5, 5.41) is 0. The van der Waals surface area contributed by atoms with Crippen LogP contribution in [0.2, 0.25) is 0 Å². The Morgan fingerprint density at radius 2 is 2.20 bits per heavy atom. The van der Waals surface area contributed by atoms with E-state index in [2.05, 4.69) is 6.92 Å². The van der Waals surface area contributed by atoms with E-state index in [9.17, 15) is 0 Å². The van der Waals surface area contributed by atoms with E-state index in [1.165, 1.54) is 0 Å². The molecule has 0 saturated heterocycles. The lowest BCUT2D eigenvalue weighted by molar-refractivity contribution is 0.258. The molecular weight excluding hydrogens is 171 g/mol. The smallest absolute Gasteiger partial charge is 0.0573 e. The van der Waals surface area contributed by atoms with Gasteiger partial charge in [0, 0.05) is 12.4 Å². The van der Waals surface area contributed by atoms with Crippen molar-refractivity contribution in [3.63, 3.8) is 0 Å². The summed E-state index contributed by atoms with van der Waals surface area (Å²) in [7, 11) is 0. The number of alkyl halides is 1. The van der Waals surface area contributed by atoms with Gasteiger partial charge in [0.15, 0.2) is 0 Å². The second-order valence-electron chi connectivity index (χ2n) is 1.88. The average molecular weight is 186 g/mol. The first-order valence-electron chi connectivity index (χ1n) is 3.11. The highest BCUT2D eigenvalue weighted by Crippen LogP contribution is 1.91. The van der Waals surface area contributed by atoms with Crippen molar-refractivity contribution in [3.8, 4) is 0 Å². The molecule has 0 rings (SSSR count). The number of halogens is 2. The van der Waals surface area contributed by atoms with Gasteiger partial charge in [-0.15, -0.1) is 24.0 Å². The van der Waals surface area contributed by atoms with Crippen molar-refractivity contribution >= 4 is 24.0 Å². The van der Waals surface area contributed by atoms with Gasteiger partial charge in [-0.2, -0.15) is 0 Å². The predicted octanol–water partition coefficient (Wildman–Crippen LogP) is 1.09. The zero-order valence-electron chi connectivity index (χ0n) is 6.22. The van der Waals surface area contributed by atoms with Gasteiger partial charge in [-0.25, -0.2) is 0 Å². The molecule has 0 aromatic carbocycles. The Balaban J connectivity index is 0. The maximum absolute atomic E-state index is 5.49. The van der Waals surface area contributed by atoms with Gasteiger partial charge in [-0.05, 0) is 13.5 Å². The van der Waals surface area contributed by atoms with Gasteiger partial charge in [0.1, 0.15) is 0 Å². The molecule has 0 aromatic rings. The number of nitrogens with zero attached hydrogens (tertiary/aromatic N) is 1. The van der Waals surface area contributed by atoms with Gasteiger partial charge < -0.3 is 5.73 Å². The van der Waals surface area contributed by atoms with Crippen LogP contribution in [-0.4, -0.2) is 30.0 Å². The van der Waals surface area contributed by atoms with Crippen molar-refractivity contribution in [1.82, 2.24) is 4.90 Å². The Morgan fingerprint density at radius 1 is 1.70 bits per heavy atom. The van der Waals surface area contributed by atoms with Crippen LogP contribution in [0.3, 0.4) is 0 Å². The van der Waals surface area contributed by atoms with E-state index in [-0.39, 0.29) is 18.6 Å². The first kappa shape index (κ1) is 13.1. The summed E-state index contributed by atoms with van der Waals surface area (Å²) in [6, 6.07) is 0. The van der Waals surface area contributed by atoms with Gasteiger partial charge in [0.05, 0.1) is 6.17 Å². The summed E-state index contributed by atoms with van der Waals surface area (Å²) >= 11 is 5.49. The van der Waals surface area contributed by atoms with Crippen molar-refractivity contribution in [2.45, 2.75) is 13.1 Å². The highest BCUT2D eigenvalue weighted by molar-refractivity contribution is 6.18. The first-order valence-corrected chi connectivity index (χ1v) is 3.64. The summed E-state index contributed by atoms with van der Waals surface area (Å²) in [5.74, 6) is 0.622. The summed E-state index contributed by atoms with van der Waals surface area (Å²) in [4.78, 5) is 2.01. The van der Waals surface area contributed by atoms with Gasteiger partial charge in [0.2, 0.25) is 0 Å². The summed E-state index contributed by atoms with van der Waals surface area (Å²) in [6.07, 6.45) is -0.117. The topological polar surface area (TPSA) is 29.3 Å². The number of hydrogen-bond donors (Lipinski definition) is 1. The molecule has 0 aliphatic carbocycles. The monoisotopic (exact) mass is 185 g/mol. The van der Waals surface area contributed by atoms with E-state index in [0.29, 0.717) is 5.88 Å². The first-order chi connectivity index (χ1) is 4.22. The Morgan fingerprint density at radius 3 is 2.30 bits per heavy atom. The van der Waals surface area contributed by atoms with Gasteiger partial charge in [-0.1, -0.05) is 6.92 Å². The maximum atomic E-state index is 5.49. The predicted molar refractivity (Wildman–Crippen MR) is 48.5 cm³/mol. The second kappa shape index (κ2) is 7.61. The lowest BCUT2D eigenvalue weighted by atomic mass is 10.4. The molecule has 1 unspecified atom stereocenters.